The normalized spacial score (nSPS) is 10.2. The molecule has 0 spiro atoms. The maximum absolute atomic E-state index is 13.1. The molecule has 0 saturated carbocycles. The lowest BCUT2D eigenvalue weighted by Crippen LogP contribution is -1.92. The van der Waals surface area contributed by atoms with E-state index < -0.39 is 4.92 Å². The maximum Gasteiger partial charge on any atom is 0.270 e. The number of halogens is 1. The van der Waals surface area contributed by atoms with Crippen LogP contribution in [0.25, 0.3) is 0 Å². The lowest BCUT2D eigenvalue weighted by atomic mass is 10.2. The Hall–Kier alpha value is -2.21. The Balaban J connectivity index is 2.35. The highest BCUT2D eigenvalue weighted by Crippen LogP contribution is 2.32. The number of aldehydes is 1. The van der Waals surface area contributed by atoms with E-state index in [1.807, 2.05) is 0 Å². The minimum atomic E-state index is -0.566. The molecule has 0 atom stereocenters. The Labute approximate surface area is 112 Å². The molecular weight excluding hydrogens is 269 g/mol. The van der Waals surface area contributed by atoms with Gasteiger partial charge < -0.3 is 0 Å². The van der Waals surface area contributed by atoms with Crippen LogP contribution in [0.5, 0.6) is 0 Å². The highest BCUT2D eigenvalue weighted by Gasteiger charge is 2.11. The molecule has 0 aromatic heterocycles. The molecule has 19 heavy (non-hydrogen) atoms. The van der Waals surface area contributed by atoms with Crippen molar-refractivity contribution >= 4 is 23.7 Å². The lowest BCUT2D eigenvalue weighted by molar-refractivity contribution is -0.384. The van der Waals surface area contributed by atoms with Crippen molar-refractivity contribution in [3.63, 3.8) is 0 Å². The van der Waals surface area contributed by atoms with E-state index in [1.165, 1.54) is 42.1 Å². The van der Waals surface area contributed by atoms with E-state index in [9.17, 15) is 19.3 Å². The molecule has 2 rings (SSSR count). The topological polar surface area (TPSA) is 60.2 Å². The van der Waals surface area contributed by atoms with Gasteiger partial charge in [-0.2, -0.15) is 0 Å². The molecule has 0 unspecified atom stereocenters. The Morgan fingerprint density at radius 2 is 2.00 bits per heavy atom. The van der Waals surface area contributed by atoms with Gasteiger partial charge in [0.15, 0.2) is 6.29 Å². The fraction of sp³-hybridized carbons (Fsp3) is 0. The number of nitro benzene ring substituents is 1. The summed E-state index contributed by atoms with van der Waals surface area (Å²) in [6, 6.07) is 9.91. The van der Waals surface area contributed by atoms with Crippen molar-refractivity contribution in [2.24, 2.45) is 0 Å². The van der Waals surface area contributed by atoms with E-state index in [1.54, 1.807) is 12.1 Å². The van der Waals surface area contributed by atoms with Crippen LogP contribution in [0.15, 0.2) is 52.3 Å². The predicted octanol–water partition coefficient (Wildman–Crippen LogP) is 3.70. The van der Waals surface area contributed by atoms with Gasteiger partial charge in [-0.1, -0.05) is 17.8 Å². The largest absolute Gasteiger partial charge is 0.298 e. The number of carbonyl (C=O) groups is 1. The number of nitro groups is 1. The summed E-state index contributed by atoms with van der Waals surface area (Å²) in [5, 5.41) is 10.6. The second-order valence-electron chi connectivity index (χ2n) is 3.66. The highest BCUT2D eigenvalue weighted by atomic mass is 32.2. The SMILES string of the molecule is O=Cc1cc([N+](=O)[O-])ccc1Sc1cccc(F)c1. The lowest BCUT2D eigenvalue weighted by Gasteiger charge is -2.04. The van der Waals surface area contributed by atoms with Crippen LogP contribution < -0.4 is 0 Å². The third-order valence-electron chi connectivity index (χ3n) is 2.36. The van der Waals surface area contributed by atoms with Gasteiger partial charge in [0.1, 0.15) is 5.82 Å². The van der Waals surface area contributed by atoms with Crippen LogP contribution >= 0.6 is 11.8 Å². The van der Waals surface area contributed by atoms with Gasteiger partial charge in [0.2, 0.25) is 0 Å². The van der Waals surface area contributed by atoms with Gasteiger partial charge in [-0.3, -0.25) is 14.9 Å². The summed E-state index contributed by atoms with van der Waals surface area (Å²) in [7, 11) is 0. The van der Waals surface area contributed by atoms with Gasteiger partial charge in [0, 0.05) is 27.5 Å². The molecule has 0 aliphatic carbocycles. The van der Waals surface area contributed by atoms with E-state index in [4.69, 9.17) is 0 Å². The molecule has 96 valence electrons. The molecular formula is C13H8FNO3S. The first kappa shape index (κ1) is 13.2. The average Bonchev–Trinajstić information content (AvgIpc) is 2.39. The fourth-order valence-electron chi connectivity index (χ4n) is 1.49. The van der Waals surface area contributed by atoms with Gasteiger partial charge in [-0.25, -0.2) is 4.39 Å². The first-order valence-corrected chi connectivity index (χ1v) is 6.09. The van der Waals surface area contributed by atoms with Crippen molar-refractivity contribution in [2.75, 3.05) is 0 Å². The standard InChI is InChI=1S/C13H8FNO3S/c14-10-2-1-3-12(7-10)19-13-5-4-11(15(17)18)6-9(13)8-16/h1-8H. The van der Waals surface area contributed by atoms with Gasteiger partial charge >= 0.3 is 0 Å². The van der Waals surface area contributed by atoms with Crippen LogP contribution in [0.4, 0.5) is 10.1 Å². The molecule has 0 saturated heterocycles. The molecule has 4 nitrogen and oxygen atoms in total. The molecule has 0 bridgehead atoms. The number of benzene rings is 2. The van der Waals surface area contributed by atoms with E-state index in [0.29, 0.717) is 16.1 Å². The van der Waals surface area contributed by atoms with Crippen molar-refractivity contribution in [1.82, 2.24) is 0 Å². The molecule has 0 radical (unpaired) electrons. The number of hydrogen-bond donors (Lipinski definition) is 0. The molecule has 0 N–H and O–H groups in total. The van der Waals surface area contributed by atoms with Crippen molar-refractivity contribution in [1.29, 1.82) is 0 Å². The summed E-state index contributed by atoms with van der Waals surface area (Å²) in [4.78, 5) is 22.2. The number of hydrogen-bond acceptors (Lipinski definition) is 4. The van der Waals surface area contributed by atoms with Crippen molar-refractivity contribution in [2.45, 2.75) is 9.79 Å². The summed E-state index contributed by atoms with van der Waals surface area (Å²) in [6.45, 7) is 0. The molecule has 0 heterocycles. The monoisotopic (exact) mass is 277 g/mol. The number of carbonyl (C=O) groups excluding carboxylic acids is 1. The van der Waals surface area contributed by atoms with Crippen LogP contribution in [0.1, 0.15) is 10.4 Å². The van der Waals surface area contributed by atoms with E-state index in [-0.39, 0.29) is 17.1 Å². The third-order valence-corrected chi connectivity index (χ3v) is 3.44. The zero-order valence-corrected chi connectivity index (χ0v) is 10.4. The Morgan fingerprint density at radius 3 is 2.63 bits per heavy atom. The number of non-ortho nitro benzene ring substituents is 1. The minimum absolute atomic E-state index is 0.148. The summed E-state index contributed by atoms with van der Waals surface area (Å²) in [6.07, 6.45) is 0.550. The Morgan fingerprint density at radius 1 is 1.21 bits per heavy atom. The summed E-state index contributed by atoms with van der Waals surface area (Å²) < 4.78 is 13.1. The van der Waals surface area contributed by atoms with Crippen LogP contribution in [0.2, 0.25) is 0 Å². The minimum Gasteiger partial charge on any atom is -0.298 e. The van der Waals surface area contributed by atoms with Gasteiger partial charge in [-0.15, -0.1) is 0 Å². The summed E-state index contributed by atoms with van der Waals surface area (Å²) >= 11 is 1.18. The van der Waals surface area contributed by atoms with Crippen molar-refractivity contribution in [3.8, 4) is 0 Å². The van der Waals surface area contributed by atoms with E-state index >= 15 is 0 Å². The maximum atomic E-state index is 13.1. The second-order valence-corrected chi connectivity index (χ2v) is 4.77. The van der Waals surface area contributed by atoms with Crippen LogP contribution in [-0.2, 0) is 0 Å². The molecule has 0 aliphatic rings. The summed E-state index contributed by atoms with van der Waals surface area (Å²) in [5.74, 6) is -0.375. The van der Waals surface area contributed by atoms with Crippen LogP contribution in [0, 0.1) is 15.9 Å². The van der Waals surface area contributed by atoms with Crippen LogP contribution in [-0.4, -0.2) is 11.2 Å². The quantitative estimate of drug-likeness (QED) is 0.485. The van der Waals surface area contributed by atoms with Crippen molar-refractivity contribution in [3.05, 3.63) is 64.0 Å². The zero-order valence-electron chi connectivity index (χ0n) is 9.58. The third kappa shape index (κ3) is 3.17. The van der Waals surface area contributed by atoms with E-state index in [0.717, 1.165) is 0 Å². The van der Waals surface area contributed by atoms with Gasteiger partial charge in [-0.05, 0) is 24.3 Å². The predicted molar refractivity (Wildman–Crippen MR) is 69.0 cm³/mol. The molecule has 0 aliphatic heterocycles. The number of rotatable bonds is 4. The second kappa shape index (κ2) is 5.62. The van der Waals surface area contributed by atoms with E-state index in [2.05, 4.69) is 0 Å². The molecule has 0 fully saturated rings. The first-order valence-electron chi connectivity index (χ1n) is 5.27. The molecule has 0 amide bonds. The average molecular weight is 277 g/mol. The highest BCUT2D eigenvalue weighted by molar-refractivity contribution is 7.99. The smallest absolute Gasteiger partial charge is 0.270 e. The number of nitrogens with zero attached hydrogens (tertiary/aromatic N) is 1. The fourth-order valence-corrected chi connectivity index (χ4v) is 2.42. The zero-order chi connectivity index (χ0) is 13.8. The molecule has 2 aromatic rings. The van der Waals surface area contributed by atoms with Gasteiger partial charge in [0.25, 0.3) is 5.69 Å². The Kier molecular flexibility index (Phi) is 3.91. The Bertz CT molecular complexity index is 646. The molecule has 6 heteroatoms. The molecule has 2 aromatic carbocycles. The van der Waals surface area contributed by atoms with Crippen LogP contribution in [0.3, 0.4) is 0 Å². The first-order chi connectivity index (χ1) is 9.10. The van der Waals surface area contributed by atoms with Gasteiger partial charge in [0.05, 0.1) is 4.92 Å². The van der Waals surface area contributed by atoms with Crippen molar-refractivity contribution < 1.29 is 14.1 Å². The summed E-state index contributed by atoms with van der Waals surface area (Å²) in [5.41, 5.74) is 0.0640.